The summed E-state index contributed by atoms with van der Waals surface area (Å²) in [7, 11) is 0. The van der Waals surface area contributed by atoms with Crippen molar-refractivity contribution in [3.63, 3.8) is 0 Å². The summed E-state index contributed by atoms with van der Waals surface area (Å²) in [6, 6.07) is 10.8. The van der Waals surface area contributed by atoms with Crippen molar-refractivity contribution in [2.75, 3.05) is 11.4 Å². The van der Waals surface area contributed by atoms with E-state index in [0.29, 0.717) is 27.3 Å². The predicted molar refractivity (Wildman–Crippen MR) is 119 cm³/mol. The molecule has 5 nitrogen and oxygen atoms in total. The number of hydrogen-bond donors (Lipinski definition) is 0. The van der Waals surface area contributed by atoms with Crippen molar-refractivity contribution in [1.29, 1.82) is 0 Å². The minimum Gasteiger partial charge on any atom is -0.337 e. The first-order valence-electron chi connectivity index (χ1n) is 9.12. The van der Waals surface area contributed by atoms with Gasteiger partial charge in [0.15, 0.2) is 5.13 Å². The topological polar surface area (TPSA) is 51.0 Å². The normalized spacial score (nSPS) is 11.1. The van der Waals surface area contributed by atoms with Gasteiger partial charge >= 0.3 is 0 Å². The molecule has 0 saturated heterocycles. The highest BCUT2D eigenvalue weighted by atomic mass is 35.5. The molecule has 4 aromatic rings. The van der Waals surface area contributed by atoms with Gasteiger partial charge in [0.05, 0.1) is 16.5 Å². The lowest BCUT2D eigenvalue weighted by molar-refractivity contribution is 0.0986. The van der Waals surface area contributed by atoms with Crippen LogP contribution in [0, 0.1) is 6.92 Å². The lowest BCUT2D eigenvalue weighted by Gasteiger charge is -2.20. The molecule has 0 unspecified atom stereocenters. The molecule has 2 heterocycles. The predicted octanol–water partition coefficient (Wildman–Crippen LogP) is 5.85. The van der Waals surface area contributed by atoms with Crippen LogP contribution in [-0.4, -0.2) is 27.0 Å². The van der Waals surface area contributed by atoms with Crippen LogP contribution < -0.4 is 4.90 Å². The average Bonchev–Trinajstić information content (AvgIpc) is 3.38. The van der Waals surface area contributed by atoms with Gasteiger partial charge in [0.2, 0.25) is 0 Å². The van der Waals surface area contributed by atoms with E-state index in [2.05, 4.69) is 4.98 Å². The van der Waals surface area contributed by atoms with Gasteiger partial charge in [0, 0.05) is 41.1 Å². The number of carbonyl (C=O) groups excluding carboxylic acids is 1. The van der Waals surface area contributed by atoms with Gasteiger partial charge in [-0.25, -0.2) is 9.97 Å². The lowest BCUT2D eigenvalue weighted by Crippen LogP contribution is -2.32. The third-order valence-electron chi connectivity index (χ3n) is 4.64. The minimum absolute atomic E-state index is 0.124. The zero-order chi connectivity index (χ0) is 20.4. The molecule has 0 N–H and O–H groups in total. The van der Waals surface area contributed by atoms with Crippen LogP contribution in [0.2, 0.25) is 10.0 Å². The SMILES string of the molecule is Cc1c(Cl)ccc2sc(N(CCCn3ccnc3)C(=O)c3cccc(Cl)c3)nc12. The molecule has 148 valence electrons. The molecular formula is C21H18Cl2N4OS. The fourth-order valence-electron chi connectivity index (χ4n) is 3.10. The molecule has 0 atom stereocenters. The molecule has 0 aliphatic heterocycles. The second-order valence-corrected chi connectivity index (χ2v) is 8.49. The maximum atomic E-state index is 13.3. The number of imidazole rings is 1. The molecule has 0 fully saturated rings. The van der Waals surface area contributed by atoms with Crippen molar-refractivity contribution in [3.8, 4) is 0 Å². The zero-order valence-electron chi connectivity index (χ0n) is 15.7. The smallest absolute Gasteiger partial charge is 0.260 e. The van der Waals surface area contributed by atoms with Gasteiger partial charge in [-0.1, -0.05) is 40.6 Å². The molecule has 0 aliphatic rings. The van der Waals surface area contributed by atoms with Crippen molar-refractivity contribution in [1.82, 2.24) is 14.5 Å². The second-order valence-electron chi connectivity index (χ2n) is 6.64. The number of rotatable bonds is 6. The molecule has 0 aliphatic carbocycles. The van der Waals surface area contributed by atoms with E-state index in [4.69, 9.17) is 28.2 Å². The van der Waals surface area contributed by atoms with E-state index < -0.39 is 0 Å². The summed E-state index contributed by atoms with van der Waals surface area (Å²) in [5.74, 6) is -0.124. The van der Waals surface area contributed by atoms with Gasteiger partial charge in [0.1, 0.15) is 0 Å². The summed E-state index contributed by atoms with van der Waals surface area (Å²) in [6.45, 7) is 3.22. The number of nitrogens with zero attached hydrogens (tertiary/aromatic N) is 4. The maximum Gasteiger partial charge on any atom is 0.260 e. The van der Waals surface area contributed by atoms with Crippen LogP contribution in [0.5, 0.6) is 0 Å². The molecule has 4 rings (SSSR count). The second kappa shape index (κ2) is 8.53. The average molecular weight is 445 g/mol. The van der Waals surface area contributed by atoms with Crippen molar-refractivity contribution in [2.24, 2.45) is 0 Å². The number of hydrogen-bond acceptors (Lipinski definition) is 4. The fourth-order valence-corrected chi connectivity index (χ4v) is 4.49. The van der Waals surface area contributed by atoms with Gasteiger partial charge in [-0.2, -0.15) is 0 Å². The highest BCUT2D eigenvalue weighted by molar-refractivity contribution is 7.22. The van der Waals surface area contributed by atoms with Gasteiger partial charge in [-0.15, -0.1) is 0 Å². The van der Waals surface area contributed by atoms with Crippen LogP contribution in [0.4, 0.5) is 5.13 Å². The van der Waals surface area contributed by atoms with Crippen LogP contribution in [0.25, 0.3) is 10.2 Å². The minimum atomic E-state index is -0.124. The Morgan fingerprint density at radius 1 is 1.24 bits per heavy atom. The highest BCUT2D eigenvalue weighted by Crippen LogP contribution is 2.34. The molecule has 0 spiro atoms. The third-order valence-corrected chi connectivity index (χ3v) is 6.33. The Hall–Kier alpha value is -2.41. The van der Waals surface area contributed by atoms with Gasteiger partial charge < -0.3 is 4.57 Å². The molecule has 0 saturated carbocycles. The number of fused-ring (bicyclic) bond motifs is 1. The Morgan fingerprint density at radius 2 is 2.10 bits per heavy atom. The van der Waals surface area contributed by atoms with E-state index in [-0.39, 0.29) is 5.91 Å². The standard InChI is InChI=1S/C21H18Cl2N4OS/c1-14-17(23)6-7-18-19(14)25-21(29-18)27(10-3-9-26-11-8-24-13-26)20(28)15-4-2-5-16(22)12-15/h2,4-8,11-13H,3,9-10H2,1H3. The molecule has 8 heteroatoms. The van der Waals surface area contributed by atoms with Gasteiger partial charge in [0.25, 0.3) is 5.91 Å². The number of aromatic nitrogens is 3. The van der Waals surface area contributed by atoms with Crippen LogP contribution in [-0.2, 0) is 6.54 Å². The number of aryl methyl sites for hydroxylation is 2. The number of carbonyl (C=O) groups is 1. The molecule has 0 radical (unpaired) electrons. The van der Waals surface area contributed by atoms with Crippen molar-refractivity contribution < 1.29 is 4.79 Å². The first-order chi connectivity index (χ1) is 14.0. The number of halogens is 2. The van der Waals surface area contributed by atoms with Crippen molar-refractivity contribution >= 4 is 55.8 Å². The molecule has 2 aromatic carbocycles. The van der Waals surface area contributed by atoms with E-state index in [0.717, 1.165) is 28.7 Å². The molecular weight excluding hydrogens is 427 g/mol. The monoisotopic (exact) mass is 444 g/mol. The number of amides is 1. The van der Waals surface area contributed by atoms with E-state index in [1.165, 1.54) is 11.3 Å². The Balaban J connectivity index is 1.67. The fraction of sp³-hybridized carbons (Fsp3) is 0.190. The lowest BCUT2D eigenvalue weighted by atomic mass is 10.2. The number of benzene rings is 2. The van der Waals surface area contributed by atoms with Crippen LogP contribution in [0.1, 0.15) is 22.3 Å². The van der Waals surface area contributed by atoms with E-state index in [1.807, 2.05) is 29.8 Å². The Bertz CT molecular complexity index is 1160. The Kier molecular flexibility index (Phi) is 5.85. The van der Waals surface area contributed by atoms with Crippen LogP contribution in [0.3, 0.4) is 0 Å². The van der Waals surface area contributed by atoms with E-state index in [9.17, 15) is 4.79 Å². The third kappa shape index (κ3) is 4.29. The first kappa shape index (κ1) is 19.9. The van der Waals surface area contributed by atoms with Gasteiger partial charge in [-0.3, -0.25) is 9.69 Å². The molecule has 2 aromatic heterocycles. The summed E-state index contributed by atoms with van der Waals surface area (Å²) in [4.78, 5) is 23.8. The summed E-state index contributed by atoms with van der Waals surface area (Å²) in [5, 5.41) is 1.85. The quantitative estimate of drug-likeness (QED) is 0.374. The molecule has 0 bridgehead atoms. The maximum absolute atomic E-state index is 13.3. The van der Waals surface area contributed by atoms with Crippen LogP contribution >= 0.6 is 34.5 Å². The van der Waals surface area contributed by atoms with Crippen LogP contribution in [0.15, 0.2) is 55.1 Å². The summed E-state index contributed by atoms with van der Waals surface area (Å²) >= 11 is 13.8. The number of anilines is 1. The zero-order valence-corrected chi connectivity index (χ0v) is 18.0. The Morgan fingerprint density at radius 3 is 2.86 bits per heavy atom. The largest absolute Gasteiger partial charge is 0.337 e. The molecule has 29 heavy (non-hydrogen) atoms. The summed E-state index contributed by atoms with van der Waals surface area (Å²) in [6.07, 6.45) is 6.19. The molecule has 1 amide bonds. The number of thiazole rings is 1. The van der Waals surface area contributed by atoms with E-state index >= 15 is 0 Å². The summed E-state index contributed by atoms with van der Waals surface area (Å²) < 4.78 is 2.99. The Labute approximate surface area is 182 Å². The first-order valence-corrected chi connectivity index (χ1v) is 10.7. The van der Waals surface area contributed by atoms with Gasteiger partial charge in [-0.05, 0) is 49.2 Å². The van der Waals surface area contributed by atoms with Crippen molar-refractivity contribution in [2.45, 2.75) is 19.9 Å². The summed E-state index contributed by atoms with van der Waals surface area (Å²) in [5.41, 5.74) is 2.28. The highest BCUT2D eigenvalue weighted by Gasteiger charge is 2.22. The van der Waals surface area contributed by atoms with Crippen molar-refractivity contribution in [3.05, 3.63) is 76.3 Å². The van der Waals surface area contributed by atoms with E-state index in [1.54, 1.807) is 41.7 Å².